The number of carbonyl (C=O) groups is 3. The van der Waals surface area contributed by atoms with Crippen molar-refractivity contribution >= 4 is 17.7 Å². The Morgan fingerprint density at radius 1 is 1.06 bits per heavy atom. The summed E-state index contributed by atoms with van der Waals surface area (Å²) in [6, 6.07) is 9.94. The fourth-order valence-corrected chi connectivity index (χ4v) is 4.30. The SMILES string of the molecule is COc1ccc2c(c1OC)OC1(CCN(C(=O)c3cccc(OC(C)=O)c3)CC1)CC2=O. The molecule has 1 fully saturated rings. The Hall–Kier alpha value is -3.55. The standard InChI is InChI=1S/C24H25NO7/c1-15(26)31-17-6-4-5-16(13-17)23(28)25-11-9-24(10-12-25)14-19(27)18-7-8-20(29-2)22(30-3)21(18)32-24/h4-8,13H,9-12,14H2,1-3H3. The van der Waals surface area contributed by atoms with E-state index in [1.165, 1.54) is 21.1 Å². The number of amides is 1. The average Bonchev–Trinajstić information content (AvgIpc) is 2.78. The number of fused-ring (bicyclic) bond motifs is 1. The van der Waals surface area contributed by atoms with Gasteiger partial charge >= 0.3 is 5.97 Å². The molecule has 4 rings (SSSR count). The molecule has 0 atom stereocenters. The molecular weight excluding hydrogens is 414 g/mol. The molecule has 0 bridgehead atoms. The van der Waals surface area contributed by atoms with E-state index in [1.54, 1.807) is 41.3 Å². The van der Waals surface area contributed by atoms with Crippen LogP contribution in [0.5, 0.6) is 23.0 Å². The quantitative estimate of drug-likeness (QED) is 0.533. The van der Waals surface area contributed by atoms with Crippen molar-refractivity contribution in [3.63, 3.8) is 0 Å². The molecule has 0 aromatic heterocycles. The lowest BCUT2D eigenvalue weighted by Crippen LogP contribution is -2.52. The number of likely N-dealkylation sites (tertiary alicyclic amines) is 1. The third-order valence-electron chi connectivity index (χ3n) is 5.91. The van der Waals surface area contributed by atoms with Gasteiger partial charge < -0.3 is 23.8 Å². The highest BCUT2D eigenvalue weighted by Crippen LogP contribution is 2.47. The molecule has 1 spiro atoms. The molecule has 2 heterocycles. The van der Waals surface area contributed by atoms with Gasteiger partial charge in [-0.25, -0.2) is 0 Å². The fraction of sp³-hybridized carbons (Fsp3) is 0.375. The summed E-state index contributed by atoms with van der Waals surface area (Å²) in [5.41, 5.74) is 0.228. The van der Waals surface area contributed by atoms with Crippen molar-refractivity contribution < 1.29 is 33.3 Å². The number of carbonyl (C=O) groups excluding carboxylic acids is 3. The highest BCUT2D eigenvalue weighted by atomic mass is 16.5. The molecule has 8 nitrogen and oxygen atoms in total. The van der Waals surface area contributed by atoms with Crippen LogP contribution in [-0.4, -0.2) is 55.5 Å². The Morgan fingerprint density at radius 3 is 2.47 bits per heavy atom. The smallest absolute Gasteiger partial charge is 0.308 e. The molecule has 0 N–H and O–H groups in total. The molecule has 168 valence electrons. The number of esters is 1. The summed E-state index contributed by atoms with van der Waals surface area (Å²) in [5.74, 6) is 1.01. The van der Waals surface area contributed by atoms with Gasteiger partial charge in [0.15, 0.2) is 17.3 Å². The van der Waals surface area contributed by atoms with Crippen LogP contribution in [0.1, 0.15) is 46.9 Å². The van der Waals surface area contributed by atoms with Crippen molar-refractivity contribution in [1.29, 1.82) is 0 Å². The molecule has 2 aromatic rings. The maximum absolute atomic E-state index is 13.0. The zero-order valence-corrected chi connectivity index (χ0v) is 18.3. The summed E-state index contributed by atoms with van der Waals surface area (Å²) in [5, 5.41) is 0. The van der Waals surface area contributed by atoms with Gasteiger partial charge in [-0.3, -0.25) is 14.4 Å². The number of piperidine rings is 1. The Labute approximate surface area is 186 Å². The van der Waals surface area contributed by atoms with E-state index in [4.69, 9.17) is 18.9 Å². The zero-order valence-electron chi connectivity index (χ0n) is 18.3. The average molecular weight is 439 g/mol. The van der Waals surface area contributed by atoms with Gasteiger partial charge in [0, 0.05) is 38.4 Å². The van der Waals surface area contributed by atoms with Gasteiger partial charge in [0.2, 0.25) is 5.75 Å². The molecule has 1 saturated heterocycles. The number of ether oxygens (including phenoxy) is 4. The summed E-state index contributed by atoms with van der Waals surface area (Å²) < 4.78 is 22.3. The number of ketones is 1. The second-order valence-corrected chi connectivity index (χ2v) is 7.98. The number of methoxy groups -OCH3 is 2. The second kappa shape index (κ2) is 8.53. The predicted octanol–water partition coefficient (Wildman–Crippen LogP) is 3.27. The topological polar surface area (TPSA) is 91.4 Å². The van der Waals surface area contributed by atoms with Gasteiger partial charge in [-0.1, -0.05) is 6.07 Å². The molecule has 1 amide bonds. The van der Waals surface area contributed by atoms with E-state index in [0.29, 0.717) is 60.1 Å². The Bertz CT molecular complexity index is 1070. The number of benzene rings is 2. The molecule has 0 radical (unpaired) electrons. The number of nitrogens with zero attached hydrogens (tertiary/aromatic N) is 1. The van der Waals surface area contributed by atoms with Crippen molar-refractivity contribution in [3.8, 4) is 23.0 Å². The van der Waals surface area contributed by atoms with E-state index in [2.05, 4.69) is 0 Å². The fourth-order valence-electron chi connectivity index (χ4n) is 4.30. The maximum Gasteiger partial charge on any atom is 0.308 e. The van der Waals surface area contributed by atoms with Crippen LogP contribution in [0.3, 0.4) is 0 Å². The second-order valence-electron chi connectivity index (χ2n) is 7.98. The Morgan fingerprint density at radius 2 is 1.81 bits per heavy atom. The first-order chi connectivity index (χ1) is 15.4. The third-order valence-corrected chi connectivity index (χ3v) is 5.91. The van der Waals surface area contributed by atoms with Crippen molar-refractivity contribution in [1.82, 2.24) is 4.90 Å². The lowest BCUT2D eigenvalue weighted by atomic mass is 9.82. The van der Waals surface area contributed by atoms with Crippen molar-refractivity contribution in [3.05, 3.63) is 47.5 Å². The van der Waals surface area contributed by atoms with E-state index in [1.807, 2.05) is 0 Å². The number of hydrogen-bond acceptors (Lipinski definition) is 7. The first kappa shape index (κ1) is 21.7. The molecule has 8 heteroatoms. The van der Waals surface area contributed by atoms with Crippen LogP contribution in [0, 0.1) is 0 Å². The number of Topliss-reactive ketones (excluding diaryl/α,β-unsaturated/α-hetero) is 1. The summed E-state index contributed by atoms with van der Waals surface area (Å²) in [7, 11) is 3.05. The van der Waals surface area contributed by atoms with Gasteiger partial charge in [0.25, 0.3) is 5.91 Å². The lowest BCUT2D eigenvalue weighted by Gasteiger charge is -2.44. The van der Waals surface area contributed by atoms with Gasteiger partial charge in [-0.15, -0.1) is 0 Å². The van der Waals surface area contributed by atoms with Crippen LogP contribution in [0.25, 0.3) is 0 Å². The van der Waals surface area contributed by atoms with E-state index < -0.39 is 11.6 Å². The molecular formula is C24H25NO7. The van der Waals surface area contributed by atoms with Crippen molar-refractivity contribution in [2.45, 2.75) is 31.8 Å². The minimum absolute atomic E-state index is 0.0129. The predicted molar refractivity (Wildman–Crippen MR) is 115 cm³/mol. The van der Waals surface area contributed by atoms with Crippen LogP contribution in [0.2, 0.25) is 0 Å². The van der Waals surface area contributed by atoms with Gasteiger partial charge in [-0.2, -0.15) is 0 Å². The summed E-state index contributed by atoms with van der Waals surface area (Å²) in [4.78, 5) is 38.8. The van der Waals surface area contributed by atoms with Crippen LogP contribution >= 0.6 is 0 Å². The number of rotatable bonds is 4. The minimum atomic E-state index is -0.694. The summed E-state index contributed by atoms with van der Waals surface area (Å²) in [6.45, 7) is 2.18. The Kier molecular flexibility index (Phi) is 5.78. The highest BCUT2D eigenvalue weighted by Gasteiger charge is 2.45. The summed E-state index contributed by atoms with van der Waals surface area (Å²) >= 11 is 0. The molecule has 2 aliphatic rings. The molecule has 0 unspecified atom stereocenters. The first-order valence-electron chi connectivity index (χ1n) is 10.4. The normalized spacial score (nSPS) is 16.7. The molecule has 0 saturated carbocycles. The molecule has 2 aromatic carbocycles. The highest BCUT2D eigenvalue weighted by molar-refractivity contribution is 6.01. The van der Waals surface area contributed by atoms with Gasteiger partial charge in [-0.05, 0) is 30.3 Å². The molecule has 32 heavy (non-hydrogen) atoms. The largest absolute Gasteiger partial charge is 0.493 e. The third kappa shape index (κ3) is 4.00. The van der Waals surface area contributed by atoms with E-state index >= 15 is 0 Å². The van der Waals surface area contributed by atoms with Crippen LogP contribution in [0.15, 0.2) is 36.4 Å². The molecule has 2 aliphatic heterocycles. The maximum atomic E-state index is 13.0. The molecule has 0 aliphatic carbocycles. The van der Waals surface area contributed by atoms with Crippen molar-refractivity contribution in [2.75, 3.05) is 27.3 Å². The van der Waals surface area contributed by atoms with Crippen molar-refractivity contribution in [2.24, 2.45) is 0 Å². The van der Waals surface area contributed by atoms with Crippen LogP contribution < -0.4 is 18.9 Å². The van der Waals surface area contributed by atoms with E-state index in [0.717, 1.165) is 0 Å². The van der Waals surface area contributed by atoms with E-state index in [-0.39, 0.29) is 18.1 Å². The van der Waals surface area contributed by atoms with Gasteiger partial charge in [0.05, 0.1) is 26.2 Å². The monoisotopic (exact) mass is 439 g/mol. The van der Waals surface area contributed by atoms with Crippen LogP contribution in [0.4, 0.5) is 0 Å². The lowest BCUT2D eigenvalue weighted by molar-refractivity contribution is -0.131. The Balaban J connectivity index is 1.51. The number of hydrogen-bond donors (Lipinski definition) is 0. The zero-order chi connectivity index (χ0) is 22.9. The first-order valence-corrected chi connectivity index (χ1v) is 10.4. The summed E-state index contributed by atoms with van der Waals surface area (Å²) in [6.07, 6.45) is 1.27. The van der Waals surface area contributed by atoms with E-state index in [9.17, 15) is 14.4 Å². The van der Waals surface area contributed by atoms with Gasteiger partial charge in [0.1, 0.15) is 11.4 Å². The van der Waals surface area contributed by atoms with Crippen LogP contribution in [-0.2, 0) is 4.79 Å². The minimum Gasteiger partial charge on any atom is -0.493 e.